The average Bonchev–Trinajstić information content (AvgIpc) is 2.28. The minimum atomic E-state index is -3.25. The number of hydrogen-bond acceptors (Lipinski definition) is 3. The number of piperazine rings is 1. The monoisotopic (exact) mass is 275 g/mol. The summed E-state index contributed by atoms with van der Waals surface area (Å²) in [6.07, 6.45) is 1.97. The molecular formula is C12H25N3O2S. The van der Waals surface area contributed by atoms with Gasteiger partial charge in [-0.3, -0.25) is 0 Å². The molecule has 0 aromatic carbocycles. The van der Waals surface area contributed by atoms with E-state index < -0.39 is 10.2 Å². The molecule has 2 unspecified atom stereocenters. The highest BCUT2D eigenvalue weighted by atomic mass is 32.2. The summed E-state index contributed by atoms with van der Waals surface area (Å²) < 4.78 is 28.4. The van der Waals surface area contributed by atoms with Crippen LogP contribution in [0.4, 0.5) is 0 Å². The lowest BCUT2D eigenvalue weighted by molar-refractivity contribution is 0.224. The molecule has 1 N–H and O–H groups in total. The van der Waals surface area contributed by atoms with Crippen molar-refractivity contribution in [1.29, 1.82) is 0 Å². The van der Waals surface area contributed by atoms with Crippen molar-refractivity contribution in [3.8, 4) is 0 Å². The highest BCUT2D eigenvalue weighted by Gasteiger charge is 2.35. The average molecular weight is 275 g/mol. The number of nitrogens with zero attached hydrogens (tertiary/aromatic N) is 2. The Bertz CT molecular complexity index is 367. The molecular weight excluding hydrogens is 250 g/mol. The van der Waals surface area contributed by atoms with Crippen LogP contribution in [0.2, 0.25) is 0 Å². The van der Waals surface area contributed by atoms with Crippen molar-refractivity contribution in [3.05, 3.63) is 0 Å². The first-order valence-electron chi connectivity index (χ1n) is 6.91. The van der Waals surface area contributed by atoms with Gasteiger partial charge < -0.3 is 5.32 Å². The van der Waals surface area contributed by atoms with Gasteiger partial charge in [-0.15, -0.1) is 0 Å². The molecule has 0 aromatic heterocycles. The van der Waals surface area contributed by atoms with Gasteiger partial charge in [-0.05, 0) is 32.6 Å². The molecule has 106 valence electrons. The van der Waals surface area contributed by atoms with Crippen molar-refractivity contribution in [1.82, 2.24) is 13.9 Å². The summed E-state index contributed by atoms with van der Waals surface area (Å²) in [5.74, 6) is 0.650. The Balaban J connectivity index is 2.06. The van der Waals surface area contributed by atoms with Gasteiger partial charge >= 0.3 is 0 Å². The highest BCUT2D eigenvalue weighted by molar-refractivity contribution is 7.86. The summed E-state index contributed by atoms with van der Waals surface area (Å²) in [6, 6.07) is 0.458. The van der Waals surface area contributed by atoms with Crippen LogP contribution in [0.3, 0.4) is 0 Å². The lowest BCUT2D eigenvalue weighted by Gasteiger charge is -2.39. The van der Waals surface area contributed by atoms with Crippen LogP contribution in [0.25, 0.3) is 0 Å². The molecule has 2 rings (SSSR count). The van der Waals surface area contributed by atoms with Crippen LogP contribution in [0, 0.1) is 5.92 Å². The van der Waals surface area contributed by atoms with Gasteiger partial charge in [0.2, 0.25) is 0 Å². The molecule has 2 aliphatic heterocycles. The van der Waals surface area contributed by atoms with Crippen LogP contribution in [0.1, 0.15) is 33.6 Å². The van der Waals surface area contributed by atoms with E-state index in [1.807, 2.05) is 13.8 Å². The Hall–Kier alpha value is -0.170. The Morgan fingerprint density at radius 2 is 1.44 bits per heavy atom. The van der Waals surface area contributed by atoms with Crippen molar-refractivity contribution < 1.29 is 8.42 Å². The molecule has 2 saturated heterocycles. The van der Waals surface area contributed by atoms with Gasteiger partial charge in [0.05, 0.1) is 0 Å². The normalized spacial score (nSPS) is 33.7. The highest BCUT2D eigenvalue weighted by Crippen LogP contribution is 2.22. The largest absolute Gasteiger partial charge is 0.309 e. The third-order valence-corrected chi connectivity index (χ3v) is 5.89. The molecule has 0 bridgehead atoms. The number of nitrogens with one attached hydrogen (secondary N) is 1. The van der Waals surface area contributed by atoms with E-state index in [1.165, 1.54) is 0 Å². The first kappa shape index (κ1) is 14.2. The molecule has 0 amide bonds. The zero-order chi connectivity index (χ0) is 13.3. The first-order chi connectivity index (χ1) is 8.39. The van der Waals surface area contributed by atoms with Crippen LogP contribution >= 0.6 is 0 Å². The van der Waals surface area contributed by atoms with Gasteiger partial charge in [0.25, 0.3) is 10.2 Å². The fourth-order valence-corrected chi connectivity index (χ4v) is 4.67. The third-order valence-electron chi connectivity index (χ3n) is 3.92. The molecule has 2 aliphatic rings. The van der Waals surface area contributed by atoms with Crippen molar-refractivity contribution in [2.45, 2.75) is 45.7 Å². The van der Waals surface area contributed by atoms with E-state index in [4.69, 9.17) is 0 Å². The number of piperidine rings is 1. The number of rotatable bonds is 2. The Morgan fingerprint density at radius 1 is 0.944 bits per heavy atom. The topological polar surface area (TPSA) is 52.7 Å². The van der Waals surface area contributed by atoms with Gasteiger partial charge in [-0.2, -0.15) is 17.0 Å². The Morgan fingerprint density at radius 3 is 1.94 bits per heavy atom. The summed E-state index contributed by atoms with van der Waals surface area (Å²) in [5, 5.41) is 3.37. The first-order valence-corrected chi connectivity index (χ1v) is 8.30. The van der Waals surface area contributed by atoms with Crippen LogP contribution in [-0.2, 0) is 10.2 Å². The molecule has 0 spiro atoms. The fourth-order valence-electron chi connectivity index (χ4n) is 2.84. The zero-order valence-electron chi connectivity index (χ0n) is 11.6. The lowest BCUT2D eigenvalue weighted by Crippen LogP contribution is -2.59. The SMILES string of the molecule is CC1CCN(S(=O)(=O)N2CC(C)NC(C)C2)CC1. The van der Waals surface area contributed by atoms with E-state index in [2.05, 4.69) is 12.2 Å². The summed E-state index contributed by atoms with van der Waals surface area (Å²) in [6.45, 7) is 8.79. The maximum atomic E-state index is 12.6. The minimum Gasteiger partial charge on any atom is -0.309 e. The van der Waals surface area contributed by atoms with Crippen molar-refractivity contribution in [3.63, 3.8) is 0 Å². The Kier molecular flexibility index (Phi) is 4.31. The van der Waals surface area contributed by atoms with Gasteiger partial charge in [-0.25, -0.2) is 0 Å². The zero-order valence-corrected chi connectivity index (χ0v) is 12.4. The molecule has 0 aromatic rings. The minimum absolute atomic E-state index is 0.229. The fraction of sp³-hybridized carbons (Fsp3) is 1.00. The Labute approximate surface area is 111 Å². The predicted octanol–water partition coefficient (Wildman–Crippen LogP) is 0.645. The number of hydrogen-bond donors (Lipinski definition) is 1. The second-order valence-electron chi connectivity index (χ2n) is 5.88. The van der Waals surface area contributed by atoms with Gasteiger partial charge in [-0.1, -0.05) is 6.92 Å². The summed E-state index contributed by atoms with van der Waals surface area (Å²) in [4.78, 5) is 0. The van der Waals surface area contributed by atoms with E-state index in [9.17, 15) is 8.42 Å². The molecule has 6 heteroatoms. The van der Waals surface area contributed by atoms with E-state index in [1.54, 1.807) is 8.61 Å². The maximum Gasteiger partial charge on any atom is 0.282 e. The molecule has 5 nitrogen and oxygen atoms in total. The molecule has 0 saturated carbocycles. The van der Waals surface area contributed by atoms with Crippen LogP contribution < -0.4 is 5.32 Å². The second kappa shape index (κ2) is 5.45. The quantitative estimate of drug-likeness (QED) is 0.805. The van der Waals surface area contributed by atoms with Crippen LogP contribution in [-0.4, -0.2) is 55.3 Å². The molecule has 2 heterocycles. The van der Waals surface area contributed by atoms with Crippen LogP contribution in [0.5, 0.6) is 0 Å². The second-order valence-corrected chi connectivity index (χ2v) is 7.80. The molecule has 0 aliphatic carbocycles. The third kappa shape index (κ3) is 3.04. The molecule has 2 atom stereocenters. The summed E-state index contributed by atoms with van der Waals surface area (Å²) in [7, 11) is -3.25. The van der Waals surface area contributed by atoms with Gasteiger partial charge in [0.1, 0.15) is 0 Å². The summed E-state index contributed by atoms with van der Waals surface area (Å²) in [5.41, 5.74) is 0. The van der Waals surface area contributed by atoms with Gasteiger partial charge in [0.15, 0.2) is 0 Å². The van der Waals surface area contributed by atoms with E-state index in [0.29, 0.717) is 32.1 Å². The van der Waals surface area contributed by atoms with Crippen LogP contribution in [0.15, 0.2) is 0 Å². The van der Waals surface area contributed by atoms with E-state index in [0.717, 1.165) is 12.8 Å². The van der Waals surface area contributed by atoms with E-state index >= 15 is 0 Å². The maximum absolute atomic E-state index is 12.6. The van der Waals surface area contributed by atoms with Crippen molar-refractivity contribution in [2.75, 3.05) is 26.2 Å². The smallest absolute Gasteiger partial charge is 0.282 e. The molecule has 18 heavy (non-hydrogen) atoms. The standard InChI is InChI=1S/C12H25N3O2S/c1-10-4-6-14(7-5-10)18(16,17)15-8-11(2)13-12(3)9-15/h10-13H,4-9H2,1-3H3. The van der Waals surface area contributed by atoms with Crippen molar-refractivity contribution in [2.24, 2.45) is 5.92 Å². The summed E-state index contributed by atoms with van der Waals surface area (Å²) >= 11 is 0. The van der Waals surface area contributed by atoms with Gasteiger partial charge in [0, 0.05) is 38.3 Å². The van der Waals surface area contributed by atoms with E-state index in [-0.39, 0.29) is 12.1 Å². The molecule has 2 fully saturated rings. The molecule has 0 radical (unpaired) electrons. The van der Waals surface area contributed by atoms with Crippen molar-refractivity contribution >= 4 is 10.2 Å². The predicted molar refractivity (Wildman–Crippen MR) is 72.5 cm³/mol. The lowest BCUT2D eigenvalue weighted by atomic mass is 10.0.